The van der Waals surface area contributed by atoms with Gasteiger partial charge in [-0.3, -0.25) is 0 Å². The van der Waals surface area contributed by atoms with E-state index < -0.39 is 139 Å². The van der Waals surface area contributed by atoms with E-state index in [2.05, 4.69) is 0 Å². The molecule has 89 heavy (non-hydrogen) atoms. The van der Waals surface area contributed by atoms with E-state index in [0.717, 1.165) is 38.5 Å². The molecule has 2 unspecified atom stereocenters. The first-order valence-corrected chi connectivity index (χ1v) is 30.1. The largest absolute Gasteiger partial charge is 0.460 e. The van der Waals surface area contributed by atoms with Crippen LogP contribution in [0.3, 0.4) is 0 Å². The third-order valence-electron chi connectivity index (χ3n) is 14.0. The Balaban J connectivity index is 0. The van der Waals surface area contributed by atoms with Crippen molar-refractivity contribution in [2.45, 2.75) is 332 Å². The number of rotatable bonds is 48. The minimum atomic E-state index is -7.94. The molecular weight excluding hydrogens is 1270 g/mol. The lowest BCUT2D eigenvalue weighted by Gasteiger charge is -2.44. The summed E-state index contributed by atoms with van der Waals surface area (Å²) in [5.74, 6) is -81.2. The monoisotopic (exact) mass is 1370 g/mol. The van der Waals surface area contributed by atoms with Gasteiger partial charge in [0.25, 0.3) is 11.9 Å². The molecule has 538 valence electrons. The minimum Gasteiger partial charge on any atom is -0.327 e. The average Bonchev–Trinajstić information content (AvgIpc) is 0.733. The fourth-order valence-electron chi connectivity index (χ4n) is 8.88. The number of hydrogen-bond donors (Lipinski definition) is 0. The Morgan fingerprint density at radius 3 is 0.708 bits per heavy atom. The van der Waals surface area contributed by atoms with E-state index in [0.29, 0.717) is 64.2 Å². The van der Waals surface area contributed by atoms with Crippen LogP contribution < -0.4 is 0 Å². The molecule has 0 radical (unpaired) electrons. The molecule has 0 heterocycles. The highest BCUT2D eigenvalue weighted by Crippen LogP contribution is 2.63. The van der Waals surface area contributed by atoms with Crippen LogP contribution in [-0.4, -0.2) is 122 Å². The molecule has 0 aromatic carbocycles. The summed E-state index contributed by atoms with van der Waals surface area (Å²) >= 11 is 0. The second-order valence-electron chi connectivity index (χ2n) is 22.9. The van der Waals surface area contributed by atoms with Crippen LogP contribution in [0.4, 0.5) is 114 Å². The minimum absolute atomic E-state index is 0.0505. The summed E-state index contributed by atoms with van der Waals surface area (Å²) in [5, 5.41) is 0. The van der Waals surface area contributed by atoms with Crippen molar-refractivity contribution in [3.8, 4) is 0 Å². The smallest absolute Gasteiger partial charge is 0.327 e. The number of hydrogen-bond acceptors (Lipinski definition) is 6. The summed E-state index contributed by atoms with van der Waals surface area (Å²) in [6, 6.07) is 0. The molecule has 0 N–H and O–H groups in total. The average molecular weight is 1370 g/mol. The predicted octanol–water partition coefficient (Wildman–Crippen LogP) is 22.8. The van der Waals surface area contributed by atoms with Gasteiger partial charge in [0, 0.05) is 24.7 Å². The molecule has 0 saturated carbocycles. The first-order valence-electron chi connectivity index (χ1n) is 30.1. The van der Waals surface area contributed by atoms with Crippen molar-refractivity contribution in [2.75, 3.05) is 19.8 Å². The number of unbranched alkanes of at least 4 members (excludes halogenated alkanes) is 13. The van der Waals surface area contributed by atoms with E-state index in [1.54, 1.807) is 20.8 Å². The second-order valence-corrected chi connectivity index (χ2v) is 22.9. The Kier molecular flexibility index (Phi) is 36.7. The number of ether oxygens (including phenoxy) is 6. The highest BCUT2D eigenvalue weighted by atomic mass is 19.4. The molecule has 0 aliphatic rings. The van der Waals surface area contributed by atoms with E-state index >= 15 is 0 Å². The lowest BCUT2D eigenvalue weighted by atomic mass is 9.87. The van der Waals surface area contributed by atoms with Crippen LogP contribution in [0.1, 0.15) is 230 Å². The van der Waals surface area contributed by atoms with Gasteiger partial charge in [-0.15, -0.1) is 0 Å². The molecule has 0 rings (SSSR count). The summed E-state index contributed by atoms with van der Waals surface area (Å²) < 4.78 is 392. The lowest BCUT2D eigenvalue weighted by molar-refractivity contribution is -0.443. The topological polar surface area (TPSA) is 55.4 Å². The Hall–Kier alpha value is -2.06. The van der Waals surface area contributed by atoms with Crippen molar-refractivity contribution in [3.05, 3.63) is 0 Å². The lowest BCUT2D eigenvalue weighted by Crippen LogP contribution is -2.70. The van der Waals surface area contributed by atoms with Gasteiger partial charge in [0.05, 0.1) is 38.1 Å². The van der Waals surface area contributed by atoms with Gasteiger partial charge in [0.1, 0.15) is 0 Å². The van der Waals surface area contributed by atoms with Gasteiger partial charge in [0.15, 0.2) is 0 Å². The van der Waals surface area contributed by atoms with Crippen molar-refractivity contribution < 1.29 is 143 Å². The summed E-state index contributed by atoms with van der Waals surface area (Å²) in [7, 11) is 0. The van der Waals surface area contributed by atoms with Crippen molar-refractivity contribution in [2.24, 2.45) is 11.8 Å². The van der Waals surface area contributed by atoms with Crippen LogP contribution in [0.25, 0.3) is 0 Å². The first-order chi connectivity index (χ1) is 40.3. The standard InChI is InChI=1S/C30H49F13O3.C27H43F13O3/c1-5-9-13-14-15-16-17-23(25(44-20-10-6-2,45-21-11-7-3)46-22-12-8-4)18-19-24(31,32)26(33,34)27(35,36)28(37,38)29(39,40)30(41,42)43;1-8-9-10-11-12-13-14-20(22(41-17(2)3,42-18(4)5)43-19(6)7)15-16-21(28,29)23(30,31)24(32,33)25(34,35)26(36,37)27(38,39)40/h23H,5-22H2,1-4H3;17-20H,8-16H2,1-7H3. The first kappa shape index (κ1) is 89.0. The molecule has 2 atom stereocenters. The van der Waals surface area contributed by atoms with Crippen molar-refractivity contribution in [3.63, 3.8) is 0 Å². The second kappa shape index (κ2) is 36.7. The molecule has 0 bridgehead atoms. The molecule has 6 nitrogen and oxygen atoms in total. The quantitative estimate of drug-likeness (QED) is 0.0344. The normalized spacial score (nSPS) is 15.4. The highest BCUT2D eigenvalue weighted by Gasteiger charge is 2.92. The van der Waals surface area contributed by atoms with Gasteiger partial charge in [-0.1, -0.05) is 131 Å². The maximum atomic E-state index is 14.9. The zero-order valence-corrected chi connectivity index (χ0v) is 52.3. The molecule has 0 spiro atoms. The van der Waals surface area contributed by atoms with Gasteiger partial charge < -0.3 is 28.4 Å². The maximum absolute atomic E-state index is 14.9. The van der Waals surface area contributed by atoms with Crippen LogP contribution in [0, 0.1) is 11.8 Å². The van der Waals surface area contributed by atoms with Crippen LogP contribution in [-0.2, 0) is 28.4 Å². The molecule has 0 saturated heterocycles. The summed E-state index contributed by atoms with van der Waals surface area (Å²) in [5.41, 5.74) is 0. The molecule has 0 fully saturated rings. The Morgan fingerprint density at radius 2 is 0.472 bits per heavy atom. The summed E-state index contributed by atoms with van der Waals surface area (Å²) in [6.07, 6.45) is -13.0. The Labute approximate surface area is 505 Å². The highest BCUT2D eigenvalue weighted by molar-refractivity contribution is 5.11. The van der Waals surface area contributed by atoms with Gasteiger partial charge >= 0.3 is 71.6 Å². The zero-order valence-electron chi connectivity index (χ0n) is 52.3. The third kappa shape index (κ3) is 23.4. The van der Waals surface area contributed by atoms with E-state index in [9.17, 15) is 114 Å². The zero-order chi connectivity index (χ0) is 70.2. The van der Waals surface area contributed by atoms with E-state index in [-0.39, 0.29) is 45.5 Å². The van der Waals surface area contributed by atoms with E-state index in [4.69, 9.17) is 28.4 Å². The number of halogens is 26. The predicted molar refractivity (Wildman–Crippen MR) is 280 cm³/mol. The van der Waals surface area contributed by atoms with E-state index in [1.165, 1.54) is 41.5 Å². The maximum Gasteiger partial charge on any atom is 0.460 e. The third-order valence-corrected chi connectivity index (χ3v) is 14.0. The van der Waals surface area contributed by atoms with Crippen molar-refractivity contribution in [1.82, 2.24) is 0 Å². The summed E-state index contributed by atoms with van der Waals surface area (Å²) in [6.45, 7) is 18.2. The van der Waals surface area contributed by atoms with Crippen molar-refractivity contribution in [1.29, 1.82) is 0 Å². The van der Waals surface area contributed by atoms with Gasteiger partial charge in [-0.05, 0) is 86.5 Å². The molecular formula is C57H92F26O6. The SMILES string of the molecule is CCCCCCCCC(CCC(F)(F)C(F)(F)C(F)(F)C(F)(F)C(F)(F)C(F)(F)F)C(OC(C)C)(OC(C)C)OC(C)C.CCCCCCCCC(CCC(F)(F)C(F)(F)C(F)(F)C(F)(F)C(F)(F)C(F)(F)F)C(OCCCC)(OCCCC)OCCCC. The van der Waals surface area contributed by atoms with Gasteiger partial charge in [0.2, 0.25) is 0 Å². The fourth-order valence-corrected chi connectivity index (χ4v) is 8.88. The number of alkyl halides is 26. The van der Waals surface area contributed by atoms with Crippen LogP contribution in [0.5, 0.6) is 0 Å². The van der Waals surface area contributed by atoms with Gasteiger partial charge in [-0.2, -0.15) is 114 Å². The molecule has 32 heteroatoms. The molecule has 0 aliphatic heterocycles. The van der Waals surface area contributed by atoms with Crippen LogP contribution >= 0.6 is 0 Å². The van der Waals surface area contributed by atoms with Crippen molar-refractivity contribution >= 4 is 0 Å². The summed E-state index contributed by atoms with van der Waals surface area (Å²) in [4.78, 5) is 0. The molecule has 0 aliphatic carbocycles. The molecule has 0 amide bonds. The Bertz CT molecular complexity index is 1840. The van der Waals surface area contributed by atoms with Crippen LogP contribution in [0.2, 0.25) is 0 Å². The van der Waals surface area contributed by atoms with E-state index in [1.807, 2.05) is 13.8 Å². The Morgan fingerprint density at radius 1 is 0.247 bits per heavy atom. The van der Waals surface area contributed by atoms with Crippen LogP contribution in [0.15, 0.2) is 0 Å². The molecule has 0 aromatic heterocycles. The molecule has 0 aromatic rings. The van der Waals surface area contributed by atoms with Gasteiger partial charge in [-0.25, -0.2) is 0 Å². The fraction of sp³-hybridized carbons (Fsp3) is 1.00.